The molecule has 6 nitrogen and oxygen atoms in total. The minimum absolute atomic E-state index is 0.648. The molecule has 0 radical (unpaired) electrons. The molecule has 0 spiro atoms. The lowest BCUT2D eigenvalue weighted by atomic mass is 10.2. The smallest absolute Gasteiger partial charge is 0.140 e. The Kier molecular flexibility index (Phi) is 3.95. The lowest BCUT2D eigenvalue weighted by Gasteiger charge is -2.33. The van der Waals surface area contributed by atoms with E-state index in [-0.39, 0.29) is 0 Å². The number of hydrogen-bond donors (Lipinski definition) is 0. The van der Waals surface area contributed by atoms with Crippen LogP contribution in [0.5, 0.6) is 0 Å². The van der Waals surface area contributed by atoms with Crippen LogP contribution >= 0.6 is 0 Å². The van der Waals surface area contributed by atoms with Crippen molar-refractivity contribution in [3.63, 3.8) is 0 Å². The van der Waals surface area contributed by atoms with Gasteiger partial charge in [-0.3, -0.25) is 14.5 Å². The molecule has 2 fully saturated rings. The monoisotopic (exact) mass is 315 g/mol. The van der Waals surface area contributed by atoms with E-state index < -0.39 is 0 Å². The second-order valence-electron chi connectivity index (χ2n) is 6.95. The van der Waals surface area contributed by atoms with Gasteiger partial charge < -0.3 is 4.52 Å². The highest BCUT2D eigenvalue weighted by molar-refractivity contribution is 5.14. The Balaban J connectivity index is 1.26. The summed E-state index contributed by atoms with van der Waals surface area (Å²) in [6, 6.07) is 4.34. The first-order valence-electron chi connectivity index (χ1n) is 8.57. The first-order chi connectivity index (χ1) is 11.2. The highest BCUT2D eigenvalue weighted by Crippen LogP contribution is 2.40. The Morgan fingerprint density at radius 1 is 1.04 bits per heavy atom. The molecule has 0 aromatic carbocycles. The third kappa shape index (κ3) is 3.48. The van der Waals surface area contributed by atoms with E-state index in [1.165, 1.54) is 24.2 Å². The molecule has 2 aromatic heterocycles. The molecule has 0 bridgehead atoms. The van der Waals surface area contributed by atoms with Crippen LogP contribution in [0.15, 0.2) is 16.7 Å². The lowest BCUT2D eigenvalue weighted by Crippen LogP contribution is -2.45. The maximum Gasteiger partial charge on any atom is 0.140 e. The summed E-state index contributed by atoms with van der Waals surface area (Å²) in [6.45, 7) is 8.29. The van der Waals surface area contributed by atoms with Gasteiger partial charge in [0.1, 0.15) is 5.76 Å². The van der Waals surface area contributed by atoms with Crippen molar-refractivity contribution in [2.45, 2.75) is 38.8 Å². The van der Waals surface area contributed by atoms with Crippen LogP contribution < -0.4 is 0 Å². The Bertz CT molecular complexity index is 645. The van der Waals surface area contributed by atoms with Gasteiger partial charge in [0.15, 0.2) is 0 Å². The van der Waals surface area contributed by atoms with E-state index in [1.54, 1.807) is 0 Å². The molecule has 4 rings (SSSR count). The maximum absolute atomic E-state index is 5.45. The zero-order valence-corrected chi connectivity index (χ0v) is 14.0. The van der Waals surface area contributed by atoms with Gasteiger partial charge in [-0.15, -0.1) is 0 Å². The summed E-state index contributed by atoms with van der Waals surface area (Å²) in [7, 11) is 2.00. The van der Waals surface area contributed by atoms with Crippen LogP contribution in [0.3, 0.4) is 0 Å². The Labute approximate surface area is 137 Å². The van der Waals surface area contributed by atoms with E-state index in [0.29, 0.717) is 5.92 Å². The van der Waals surface area contributed by atoms with Gasteiger partial charge in [0.05, 0.1) is 11.4 Å². The summed E-state index contributed by atoms with van der Waals surface area (Å²) in [6.07, 6.45) is 2.53. The summed E-state index contributed by atoms with van der Waals surface area (Å²) in [4.78, 5) is 4.95. The van der Waals surface area contributed by atoms with Gasteiger partial charge in [-0.05, 0) is 25.8 Å². The summed E-state index contributed by atoms with van der Waals surface area (Å²) >= 11 is 0. The van der Waals surface area contributed by atoms with Crippen LogP contribution in [0, 0.1) is 6.92 Å². The van der Waals surface area contributed by atoms with Gasteiger partial charge in [-0.25, -0.2) is 0 Å². The van der Waals surface area contributed by atoms with E-state index in [4.69, 9.17) is 4.52 Å². The van der Waals surface area contributed by atoms with Crippen molar-refractivity contribution in [3.05, 3.63) is 35.0 Å². The van der Waals surface area contributed by atoms with Crippen molar-refractivity contribution in [1.82, 2.24) is 24.7 Å². The molecule has 1 saturated heterocycles. The normalized spacial score (nSPS) is 20.3. The van der Waals surface area contributed by atoms with Crippen LogP contribution in [0.1, 0.15) is 41.6 Å². The standard InChI is InChI=1S/C17H25N5O/c1-13-9-15(18-20(13)2)11-21-5-7-22(8-6-21)12-16-10-17(23-19-16)14-3-4-14/h9-10,14H,3-8,11-12H2,1-2H3. The zero-order chi connectivity index (χ0) is 15.8. The number of nitrogens with zero attached hydrogens (tertiary/aromatic N) is 5. The minimum atomic E-state index is 0.648. The first kappa shape index (κ1) is 14.9. The minimum Gasteiger partial charge on any atom is -0.361 e. The molecule has 0 N–H and O–H groups in total. The number of rotatable bonds is 5. The molecule has 2 aromatic rings. The van der Waals surface area contributed by atoms with Crippen molar-refractivity contribution in [2.24, 2.45) is 7.05 Å². The average Bonchev–Trinajstić information content (AvgIpc) is 3.21. The summed E-state index contributed by atoms with van der Waals surface area (Å²) in [5.74, 6) is 1.74. The lowest BCUT2D eigenvalue weighted by molar-refractivity contribution is 0.119. The molecule has 23 heavy (non-hydrogen) atoms. The number of aromatic nitrogens is 3. The molecule has 1 aliphatic heterocycles. The van der Waals surface area contributed by atoms with Crippen LogP contribution in [0.2, 0.25) is 0 Å². The van der Waals surface area contributed by atoms with Gasteiger partial charge in [0.25, 0.3) is 0 Å². The van der Waals surface area contributed by atoms with Crippen molar-refractivity contribution >= 4 is 0 Å². The molecule has 3 heterocycles. The molecule has 0 amide bonds. The number of aryl methyl sites for hydroxylation is 2. The maximum atomic E-state index is 5.45. The van der Waals surface area contributed by atoms with Gasteiger partial charge in [0.2, 0.25) is 0 Å². The van der Waals surface area contributed by atoms with Gasteiger partial charge >= 0.3 is 0 Å². The third-order valence-corrected chi connectivity index (χ3v) is 4.96. The van der Waals surface area contributed by atoms with Crippen molar-refractivity contribution in [1.29, 1.82) is 0 Å². The van der Waals surface area contributed by atoms with Crippen LogP contribution in [-0.4, -0.2) is 50.9 Å². The Morgan fingerprint density at radius 2 is 1.70 bits per heavy atom. The number of hydrogen-bond acceptors (Lipinski definition) is 5. The number of piperazine rings is 1. The van der Waals surface area contributed by atoms with E-state index in [2.05, 4.69) is 39.1 Å². The van der Waals surface area contributed by atoms with Crippen LogP contribution in [-0.2, 0) is 20.1 Å². The molecule has 6 heteroatoms. The topological polar surface area (TPSA) is 50.3 Å². The average molecular weight is 315 g/mol. The van der Waals surface area contributed by atoms with Crippen LogP contribution in [0.25, 0.3) is 0 Å². The first-order valence-corrected chi connectivity index (χ1v) is 8.57. The molecular weight excluding hydrogens is 290 g/mol. The highest BCUT2D eigenvalue weighted by Gasteiger charge is 2.28. The molecule has 0 unspecified atom stereocenters. The zero-order valence-electron chi connectivity index (χ0n) is 14.0. The molecule has 1 saturated carbocycles. The fraction of sp³-hybridized carbons (Fsp3) is 0.647. The SMILES string of the molecule is Cc1cc(CN2CCN(Cc3cc(C4CC4)on3)CC2)nn1C. The van der Waals surface area contributed by atoms with E-state index in [1.807, 2.05) is 11.7 Å². The van der Waals surface area contributed by atoms with Gasteiger partial charge in [-0.1, -0.05) is 5.16 Å². The van der Waals surface area contributed by atoms with E-state index >= 15 is 0 Å². The third-order valence-electron chi connectivity index (χ3n) is 4.96. The van der Waals surface area contributed by atoms with E-state index in [9.17, 15) is 0 Å². The van der Waals surface area contributed by atoms with Crippen molar-refractivity contribution < 1.29 is 4.52 Å². The molecule has 124 valence electrons. The molecular formula is C17H25N5O. The van der Waals surface area contributed by atoms with Gasteiger partial charge in [0, 0.05) is 64.0 Å². The highest BCUT2D eigenvalue weighted by atomic mass is 16.5. The summed E-state index contributed by atoms with van der Waals surface area (Å²) in [5.41, 5.74) is 3.47. The largest absolute Gasteiger partial charge is 0.361 e. The van der Waals surface area contributed by atoms with E-state index in [0.717, 1.165) is 50.7 Å². The summed E-state index contributed by atoms with van der Waals surface area (Å²) < 4.78 is 7.40. The molecule has 1 aliphatic carbocycles. The molecule has 2 aliphatic rings. The summed E-state index contributed by atoms with van der Waals surface area (Å²) in [5, 5.41) is 8.78. The van der Waals surface area contributed by atoms with Crippen molar-refractivity contribution in [2.75, 3.05) is 26.2 Å². The predicted molar refractivity (Wildman–Crippen MR) is 87.0 cm³/mol. The van der Waals surface area contributed by atoms with Crippen LogP contribution in [0.4, 0.5) is 0 Å². The fourth-order valence-electron chi connectivity index (χ4n) is 3.24. The quantitative estimate of drug-likeness (QED) is 0.843. The second kappa shape index (κ2) is 6.09. The van der Waals surface area contributed by atoms with Crippen molar-refractivity contribution in [3.8, 4) is 0 Å². The Morgan fingerprint density at radius 3 is 2.26 bits per heavy atom. The predicted octanol–water partition coefficient (Wildman–Crippen LogP) is 1.91. The van der Waals surface area contributed by atoms with Gasteiger partial charge in [-0.2, -0.15) is 5.10 Å². The second-order valence-corrected chi connectivity index (χ2v) is 6.95. The fourth-order valence-corrected chi connectivity index (χ4v) is 3.24. The Hall–Kier alpha value is -1.66. The molecule has 0 atom stereocenters.